The molecule has 0 bridgehead atoms. The largest absolute Gasteiger partial charge is 0.492 e. The summed E-state index contributed by atoms with van der Waals surface area (Å²) in [5, 5.41) is 4.20. The van der Waals surface area contributed by atoms with Crippen molar-refractivity contribution in [2.45, 2.75) is 13.5 Å². The zero-order valence-electron chi connectivity index (χ0n) is 11.2. The molecule has 5 heteroatoms. The summed E-state index contributed by atoms with van der Waals surface area (Å²) in [5.41, 5.74) is 1.92. The van der Waals surface area contributed by atoms with Gasteiger partial charge in [0.15, 0.2) is 5.13 Å². The molecule has 0 radical (unpaired) electrons. The molecule has 2 aromatic heterocycles. The number of anilines is 1. The third-order valence-corrected chi connectivity index (χ3v) is 3.81. The Morgan fingerprint density at radius 2 is 2.15 bits per heavy atom. The number of hydrogen-bond acceptors (Lipinski definition) is 5. The fourth-order valence-electron chi connectivity index (χ4n) is 1.94. The van der Waals surface area contributed by atoms with Crippen LogP contribution in [0.5, 0.6) is 5.75 Å². The highest BCUT2D eigenvalue weighted by molar-refractivity contribution is 7.22. The SMILES string of the molecule is CCOc1cccc2sc(NCc3ccccn3)nc12. The van der Waals surface area contributed by atoms with Gasteiger partial charge in [-0.3, -0.25) is 4.98 Å². The van der Waals surface area contributed by atoms with Crippen molar-refractivity contribution in [3.63, 3.8) is 0 Å². The average molecular weight is 285 g/mol. The van der Waals surface area contributed by atoms with Crippen LogP contribution in [0.4, 0.5) is 5.13 Å². The van der Waals surface area contributed by atoms with Crippen molar-refractivity contribution in [1.29, 1.82) is 0 Å². The topological polar surface area (TPSA) is 47.0 Å². The molecule has 0 amide bonds. The van der Waals surface area contributed by atoms with E-state index in [0.717, 1.165) is 26.8 Å². The molecule has 0 saturated heterocycles. The Balaban J connectivity index is 1.80. The minimum Gasteiger partial charge on any atom is -0.492 e. The maximum Gasteiger partial charge on any atom is 0.184 e. The van der Waals surface area contributed by atoms with Gasteiger partial charge in [-0.1, -0.05) is 23.5 Å². The molecule has 0 saturated carbocycles. The minimum absolute atomic E-state index is 0.646. The van der Waals surface area contributed by atoms with Gasteiger partial charge in [0, 0.05) is 6.20 Å². The number of hydrogen-bond donors (Lipinski definition) is 1. The van der Waals surface area contributed by atoms with E-state index >= 15 is 0 Å². The second-order valence-corrected chi connectivity index (χ2v) is 5.26. The van der Waals surface area contributed by atoms with Gasteiger partial charge in [-0.15, -0.1) is 0 Å². The molecule has 0 atom stereocenters. The molecular weight excluding hydrogens is 270 g/mol. The number of rotatable bonds is 5. The zero-order valence-corrected chi connectivity index (χ0v) is 12.0. The molecule has 0 aliphatic rings. The van der Waals surface area contributed by atoms with Gasteiger partial charge < -0.3 is 10.1 Å². The van der Waals surface area contributed by atoms with Crippen LogP contribution < -0.4 is 10.1 Å². The standard InChI is InChI=1S/C15H15N3OS/c1-2-19-12-7-5-8-13-14(12)18-15(20-13)17-10-11-6-3-4-9-16-11/h3-9H,2,10H2,1H3,(H,17,18). The molecular formula is C15H15N3OS. The molecule has 2 heterocycles. The van der Waals surface area contributed by atoms with E-state index in [2.05, 4.69) is 21.4 Å². The van der Waals surface area contributed by atoms with Crippen molar-refractivity contribution in [2.24, 2.45) is 0 Å². The second kappa shape index (κ2) is 5.88. The lowest BCUT2D eigenvalue weighted by atomic mass is 10.3. The second-order valence-electron chi connectivity index (χ2n) is 4.23. The zero-order chi connectivity index (χ0) is 13.8. The Hall–Kier alpha value is -2.14. The van der Waals surface area contributed by atoms with Crippen molar-refractivity contribution < 1.29 is 4.74 Å². The molecule has 3 aromatic rings. The van der Waals surface area contributed by atoms with Crippen molar-refractivity contribution in [1.82, 2.24) is 9.97 Å². The predicted molar refractivity (Wildman–Crippen MR) is 82.4 cm³/mol. The van der Waals surface area contributed by atoms with Gasteiger partial charge in [0.25, 0.3) is 0 Å². The maximum atomic E-state index is 5.60. The lowest BCUT2D eigenvalue weighted by Crippen LogP contribution is -2.00. The van der Waals surface area contributed by atoms with Crippen LogP contribution in [0.25, 0.3) is 10.2 Å². The Morgan fingerprint density at radius 1 is 1.20 bits per heavy atom. The summed E-state index contributed by atoms with van der Waals surface area (Å²) in [6, 6.07) is 11.9. The number of nitrogens with one attached hydrogen (secondary N) is 1. The lowest BCUT2D eigenvalue weighted by Gasteiger charge is -2.02. The number of para-hydroxylation sites is 1. The highest BCUT2D eigenvalue weighted by atomic mass is 32.1. The number of aromatic nitrogens is 2. The Morgan fingerprint density at radius 3 is 2.95 bits per heavy atom. The Kier molecular flexibility index (Phi) is 3.78. The molecule has 1 N–H and O–H groups in total. The molecule has 0 aliphatic carbocycles. The van der Waals surface area contributed by atoms with Gasteiger partial charge >= 0.3 is 0 Å². The van der Waals surface area contributed by atoms with Gasteiger partial charge in [-0.25, -0.2) is 4.98 Å². The van der Waals surface area contributed by atoms with Gasteiger partial charge in [0.1, 0.15) is 11.3 Å². The van der Waals surface area contributed by atoms with E-state index < -0.39 is 0 Å². The van der Waals surface area contributed by atoms with E-state index in [4.69, 9.17) is 4.74 Å². The summed E-state index contributed by atoms with van der Waals surface area (Å²) in [6.45, 7) is 3.30. The van der Waals surface area contributed by atoms with E-state index in [1.165, 1.54) is 0 Å². The smallest absolute Gasteiger partial charge is 0.184 e. The van der Waals surface area contributed by atoms with Crippen LogP contribution >= 0.6 is 11.3 Å². The fraction of sp³-hybridized carbons (Fsp3) is 0.200. The minimum atomic E-state index is 0.646. The molecule has 1 aromatic carbocycles. The van der Waals surface area contributed by atoms with E-state index in [-0.39, 0.29) is 0 Å². The van der Waals surface area contributed by atoms with Crippen LogP contribution in [0.15, 0.2) is 42.6 Å². The maximum absolute atomic E-state index is 5.60. The third-order valence-electron chi connectivity index (χ3n) is 2.83. The molecule has 0 fully saturated rings. The first-order valence-electron chi connectivity index (χ1n) is 6.53. The summed E-state index contributed by atoms with van der Waals surface area (Å²) >= 11 is 1.63. The number of pyridine rings is 1. The van der Waals surface area contributed by atoms with Crippen molar-refractivity contribution in [3.8, 4) is 5.75 Å². The van der Waals surface area contributed by atoms with Crippen molar-refractivity contribution in [2.75, 3.05) is 11.9 Å². The summed E-state index contributed by atoms with van der Waals surface area (Å²) < 4.78 is 6.72. The quantitative estimate of drug-likeness (QED) is 0.776. The van der Waals surface area contributed by atoms with Crippen molar-refractivity contribution >= 4 is 26.7 Å². The van der Waals surface area contributed by atoms with Crippen LogP contribution in [-0.4, -0.2) is 16.6 Å². The number of fused-ring (bicyclic) bond motifs is 1. The Labute approximate surface area is 121 Å². The summed E-state index contributed by atoms with van der Waals surface area (Å²) in [5.74, 6) is 0.840. The van der Waals surface area contributed by atoms with Gasteiger partial charge in [-0.05, 0) is 31.2 Å². The number of ether oxygens (including phenoxy) is 1. The number of benzene rings is 1. The third kappa shape index (κ3) is 2.72. The number of nitrogens with zero attached hydrogens (tertiary/aromatic N) is 2. The van der Waals surface area contributed by atoms with Crippen LogP contribution in [0.2, 0.25) is 0 Å². The molecule has 0 unspecified atom stereocenters. The first-order valence-corrected chi connectivity index (χ1v) is 7.34. The van der Waals surface area contributed by atoms with Gasteiger partial charge in [0.05, 0.1) is 23.5 Å². The molecule has 0 aliphatic heterocycles. The summed E-state index contributed by atoms with van der Waals surface area (Å²) in [6.07, 6.45) is 1.79. The highest BCUT2D eigenvalue weighted by Gasteiger charge is 2.08. The fourth-order valence-corrected chi connectivity index (χ4v) is 2.82. The first-order chi connectivity index (χ1) is 9.86. The molecule has 3 rings (SSSR count). The monoisotopic (exact) mass is 285 g/mol. The summed E-state index contributed by atoms with van der Waals surface area (Å²) in [4.78, 5) is 8.89. The van der Waals surface area contributed by atoms with Crippen LogP contribution in [-0.2, 0) is 6.54 Å². The predicted octanol–water partition coefficient (Wildman–Crippen LogP) is 3.70. The first kappa shape index (κ1) is 12.9. The van der Waals surface area contributed by atoms with Crippen LogP contribution in [0, 0.1) is 0 Å². The van der Waals surface area contributed by atoms with E-state index in [1.54, 1.807) is 17.5 Å². The lowest BCUT2D eigenvalue weighted by molar-refractivity contribution is 0.344. The van der Waals surface area contributed by atoms with E-state index in [9.17, 15) is 0 Å². The van der Waals surface area contributed by atoms with Crippen molar-refractivity contribution in [3.05, 3.63) is 48.3 Å². The molecule has 20 heavy (non-hydrogen) atoms. The summed E-state index contributed by atoms with van der Waals surface area (Å²) in [7, 11) is 0. The highest BCUT2D eigenvalue weighted by Crippen LogP contribution is 2.32. The van der Waals surface area contributed by atoms with Gasteiger partial charge in [0.2, 0.25) is 0 Å². The van der Waals surface area contributed by atoms with E-state index in [1.807, 2.05) is 37.3 Å². The van der Waals surface area contributed by atoms with Crippen LogP contribution in [0.1, 0.15) is 12.6 Å². The van der Waals surface area contributed by atoms with Crippen LogP contribution in [0.3, 0.4) is 0 Å². The van der Waals surface area contributed by atoms with E-state index in [0.29, 0.717) is 13.2 Å². The normalized spacial score (nSPS) is 10.7. The molecule has 102 valence electrons. The average Bonchev–Trinajstić information content (AvgIpc) is 2.91. The van der Waals surface area contributed by atoms with Gasteiger partial charge in [-0.2, -0.15) is 0 Å². The molecule has 0 spiro atoms. The number of thiazole rings is 1. The molecule has 4 nitrogen and oxygen atoms in total. The Bertz CT molecular complexity index is 697.